The number of aliphatic imine (C=N–C) groups is 1. The van der Waals surface area contributed by atoms with Crippen molar-refractivity contribution in [2.75, 3.05) is 0 Å². The fourth-order valence-corrected chi connectivity index (χ4v) is 3.69. The second-order valence-electron chi connectivity index (χ2n) is 6.98. The third-order valence-corrected chi connectivity index (χ3v) is 5.28. The van der Waals surface area contributed by atoms with Gasteiger partial charge in [-0.25, -0.2) is 0 Å². The predicted molar refractivity (Wildman–Crippen MR) is 120 cm³/mol. The van der Waals surface area contributed by atoms with Crippen LogP contribution in [0.3, 0.4) is 0 Å². The van der Waals surface area contributed by atoms with Crippen LogP contribution in [0.25, 0.3) is 17.3 Å². The van der Waals surface area contributed by atoms with Crippen molar-refractivity contribution >= 4 is 35.8 Å². The van der Waals surface area contributed by atoms with E-state index in [1.54, 1.807) is 12.3 Å². The van der Waals surface area contributed by atoms with Crippen LogP contribution in [0.1, 0.15) is 36.5 Å². The first-order valence-corrected chi connectivity index (χ1v) is 10.0. The second-order valence-corrected chi connectivity index (χ2v) is 7.36. The molecule has 146 valence electrons. The highest BCUT2D eigenvalue weighted by molar-refractivity contribution is 7.71. The number of hydrogen-bond acceptors (Lipinski definition) is 4. The maximum atomic E-state index is 12.5. The highest BCUT2D eigenvalue weighted by Gasteiger charge is 2.16. The van der Waals surface area contributed by atoms with E-state index in [2.05, 4.69) is 16.9 Å². The number of benzene rings is 2. The Labute approximate surface area is 173 Å². The number of nitrogens with one attached hydrogen (secondary N) is 1. The molecule has 0 atom stereocenters. The highest BCUT2D eigenvalue weighted by Crippen LogP contribution is 2.33. The number of para-hydroxylation sites is 1. The largest absolute Gasteiger partial charge is 0.494 e. The highest BCUT2D eigenvalue weighted by atomic mass is 32.1. The first-order valence-electron chi connectivity index (χ1n) is 9.61. The zero-order valence-electron chi connectivity index (χ0n) is 16.1. The molecule has 0 radical (unpaired) electrons. The van der Waals surface area contributed by atoms with Crippen LogP contribution in [-0.2, 0) is 6.42 Å². The quantitative estimate of drug-likeness (QED) is 0.575. The van der Waals surface area contributed by atoms with Gasteiger partial charge in [0.15, 0.2) is 4.77 Å². The van der Waals surface area contributed by atoms with Crippen molar-refractivity contribution in [3.8, 4) is 11.6 Å². The average Bonchev–Trinajstić information content (AvgIpc) is 3.13. The van der Waals surface area contributed by atoms with Gasteiger partial charge in [-0.2, -0.15) is 0 Å². The lowest BCUT2D eigenvalue weighted by Crippen LogP contribution is -2.16. The summed E-state index contributed by atoms with van der Waals surface area (Å²) in [6.45, 7) is 2.16. The molecule has 1 aliphatic rings. The van der Waals surface area contributed by atoms with E-state index in [0.717, 1.165) is 36.1 Å². The molecule has 0 spiro atoms. The van der Waals surface area contributed by atoms with Gasteiger partial charge in [0.1, 0.15) is 5.56 Å². The molecule has 6 heteroatoms. The maximum absolute atomic E-state index is 12.5. The fraction of sp³-hybridized carbons (Fsp3) is 0.174. The zero-order valence-corrected chi connectivity index (χ0v) is 16.9. The predicted octanol–water partition coefficient (Wildman–Crippen LogP) is 5.20. The summed E-state index contributed by atoms with van der Waals surface area (Å²) < 4.78 is 1.63. The van der Waals surface area contributed by atoms with E-state index < -0.39 is 5.56 Å². The Morgan fingerprint density at radius 1 is 1.17 bits per heavy atom. The minimum Gasteiger partial charge on any atom is -0.494 e. The van der Waals surface area contributed by atoms with Crippen LogP contribution in [0.2, 0.25) is 0 Å². The number of aromatic hydroxyl groups is 1. The number of aromatic nitrogens is 2. The van der Waals surface area contributed by atoms with E-state index in [0.29, 0.717) is 5.69 Å². The molecule has 4 rings (SSSR count). The van der Waals surface area contributed by atoms with Gasteiger partial charge < -0.3 is 5.11 Å². The molecule has 2 N–H and O–H groups in total. The molecule has 0 saturated carbocycles. The van der Waals surface area contributed by atoms with Gasteiger partial charge in [0.2, 0.25) is 5.88 Å². The molecule has 2 heterocycles. The average molecular weight is 404 g/mol. The van der Waals surface area contributed by atoms with Gasteiger partial charge in [0.05, 0.1) is 11.4 Å². The van der Waals surface area contributed by atoms with Crippen LogP contribution in [-0.4, -0.2) is 20.9 Å². The molecule has 1 aliphatic heterocycles. The summed E-state index contributed by atoms with van der Waals surface area (Å²) in [5.41, 5.74) is 4.15. The van der Waals surface area contributed by atoms with Crippen LogP contribution < -0.4 is 5.56 Å². The SMILES string of the molecule is CCCCc1ccc(-n2c(O)c(/C=C3\C=Nc4ccccc43)c(=O)[nH]c2=S)cc1. The molecule has 0 bridgehead atoms. The summed E-state index contributed by atoms with van der Waals surface area (Å²) in [4.78, 5) is 19.6. The van der Waals surface area contributed by atoms with Crippen LogP contribution >= 0.6 is 12.2 Å². The summed E-state index contributed by atoms with van der Waals surface area (Å²) >= 11 is 5.32. The van der Waals surface area contributed by atoms with Crippen molar-refractivity contribution in [2.24, 2.45) is 4.99 Å². The number of aromatic amines is 1. The van der Waals surface area contributed by atoms with Crippen molar-refractivity contribution in [1.29, 1.82) is 0 Å². The van der Waals surface area contributed by atoms with E-state index in [4.69, 9.17) is 12.2 Å². The van der Waals surface area contributed by atoms with Crippen molar-refractivity contribution in [1.82, 2.24) is 9.55 Å². The number of H-pyrrole nitrogens is 1. The molecule has 29 heavy (non-hydrogen) atoms. The smallest absolute Gasteiger partial charge is 0.262 e. The first-order chi connectivity index (χ1) is 14.1. The minimum atomic E-state index is -0.436. The molecular weight excluding hydrogens is 382 g/mol. The number of rotatable bonds is 5. The Hall–Kier alpha value is -3.25. The topological polar surface area (TPSA) is 70.4 Å². The zero-order chi connectivity index (χ0) is 20.4. The lowest BCUT2D eigenvalue weighted by molar-refractivity contribution is 0.432. The summed E-state index contributed by atoms with van der Waals surface area (Å²) in [7, 11) is 0. The first kappa shape index (κ1) is 19.1. The summed E-state index contributed by atoms with van der Waals surface area (Å²) in [6, 6.07) is 15.5. The van der Waals surface area contributed by atoms with Gasteiger partial charge >= 0.3 is 0 Å². The van der Waals surface area contributed by atoms with Crippen molar-refractivity contribution in [3.63, 3.8) is 0 Å². The van der Waals surface area contributed by atoms with Crippen molar-refractivity contribution in [3.05, 3.63) is 80.3 Å². The molecule has 0 amide bonds. The molecule has 0 aliphatic carbocycles. The number of hydrogen-bond donors (Lipinski definition) is 2. The van der Waals surface area contributed by atoms with Gasteiger partial charge in [0, 0.05) is 17.4 Å². The number of aryl methyl sites for hydroxylation is 1. The molecule has 3 aromatic rings. The van der Waals surface area contributed by atoms with Crippen LogP contribution in [0.5, 0.6) is 5.88 Å². The molecule has 0 unspecified atom stereocenters. The van der Waals surface area contributed by atoms with Gasteiger partial charge in [-0.1, -0.05) is 43.7 Å². The van der Waals surface area contributed by atoms with Crippen LogP contribution in [0.4, 0.5) is 5.69 Å². The van der Waals surface area contributed by atoms with Gasteiger partial charge in [-0.3, -0.25) is 19.3 Å². The second kappa shape index (κ2) is 8.01. The Kier molecular flexibility index (Phi) is 5.27. The summed E-state index contributed by atoms with van der Waals surface area (Å²) in [5, 5.41) is 10.9. The third-order valence-electron chi connectivity index (χ3n) is 4.99. The Morgan fingerprint density at radius 2 is 1.93 bits per heavy atom. The van der Waals surface area contributed by atoms with Gasteiger partial charge in [-0.15, -0.1) is 0 Å². The van der Waals surface area contributed by atoms with Gasteiger partial charge in [-0.05, 0) is 54.9 Å². The van der Waals surface area contributed by atoms with E-state index in [-0.39, 0.29) is 16.2 Å². The van der Waals surface area contributed by atoms with Gasteiger partial charge in [0.25, 0.3) is 5.56 Å². The summed E-state index contributed by atoms with van der Waals surface area (Å²) in [5.74, 6) is -0.190. The number of fused-ring (bicyclic) bond motifs is 1. The normalized spacial score (nSPS) is 13.8. The number of unbranched alkanes of at least 4 members (excludes halogenated alkanes) is 1. The van der Waals surface area contributed by atoms with Crippen LogP contribution in [0, 0.1) is 4.77 Å². The van der Waals surface area contributed by atoms with E-state index in [1.807, 2.05) is 48.5 Å². The minimum absolute atomic E-state index is 0.145. The fourth-order valence-electron chi connectivity index (χ4n) is 3.41. The molecule has 2 aromatic carbocycles. The van der Waals surface area contributed by atoms with E-state index in [1.165, 1.54) is 10.1 Å². The number of allylic oxidation sites excluding steroid dienone is 1. The molecule has 1 aromatic heterocycles. The lowest BCUT2D eigenvalue weighted by Gasteiger charge is -2.12. The molecular formula is C23H21N3O2S. The Bertz CT molecular complexity index is 1230. The third kappa shape index (κ3) is 3.71. The van der Waals surface area contributed by atoms with E-state index in [9.17, 15) is 9.90 Å². The molecule has 5 nitrogen and oxygen atoms in total. The standard InChI is InChI=1S/C23H21N3O2S/c1-2-3-6-15-9-11-17(12-10-15)26-22(28)19(21(27)25-23(26)29)13-16-14-24-20-8-5-4-7-18(16)20/h4-5,7-14,28H,2-3,6H2,1H3,(H,25,27,29)/b16-13+. The van der Waals surface area contributed by atoms with Crippen LogP contribution in [0.15, 0.2) is 58.3 Å². The van der Waals surface area contributed by atoms with E-state index >= 15 is 0 Å². The van der Waals surface area contributed by atoms with Crippen molar-refractivity contribution < 1.29 is 5.11 Å². The lowest BCUT2D eigenvalue weighted by atomic mass is 10.1. The number of nitrogens with zero attached hydrogens (tertiary/aromatic N) is 2. The molecule has 0 saturated heterocycles. The molecule has 0 fully saturated rings. The Morgan fingerprint density at radius 3 is 2.69 bits per heavy atom. The monoisotopic (exact) mass is 403 g/mol. The maximum Gasteiger partial charge on any atom is 0.262 e. The summed E-state index contributed by atoms with van der Waals surface area (Å²) in [6.07, 6.45) is 6.61. The Balaban J connectivity index is 1.79. The van der Waals surface area contributed by atoms with Crippen molar-refractivity contribution in [2.45, 2.75) is 26.2 Å².